The molecule has 1 atom stereocenters. The van der Waals surface area contributed by atoms with E-state index in [2.05, 4.69) is 71.6 Å². The fraction of sp³-hybridized carbons (Fsp3) is 0.294. The molecule has 2 aromatic rings. The summed E-state index contributed by atoms with van der Waals surface area (Å²) in [4.78, 5) is 0. The van der Waals surface area contributed by atoms with Crippen LogP contribution in [0.3, 0.4) is 0 Å². The Morgan fingerprint density at radius 1 is 1.05 bits per heavy atom. The zero-order valence-corrected chi connectivity index (χ0v) is 13.6. The number of halogens is 1. The minimum atomic E-state index is 0.231. The van der Waals surface area contributed by atoms with Crippen molar-refractivity contribution in [3.63, 3.8) is 0 Å². The average molecular weight is 333 g/mol. The number of hydrazine groups is 1. The Bertz CT molecular complexity index is 561. The third kappa shape index (κ3) is 4.17. The minimum Gasteiger partial charge on any atom is -0.271 e. The maximum absolute atomic E-state index is 5.73. The highest BCUT2D eigenvalue weighted by atomic mass is 79.9. The third-order valence-electron chi connectivity index (χ3n) is 3.42. The molecule has 0 aromatic heterocycles. The Morgan fingerprint density at radius 2 is 1.70 bits per heavy atom. The van der Waals surface area contributed by atoms with Gasteiger partial charge in [0.2, 0.25) is 0 Å². The summed E-state index contributed by atoms with van der Waals surface area (Å²) in [5.41, 5.74) is 8.16. The van der Waals surface area contributed by atoms with E-state index in [1.54, 1.807) is 0 Å². The van der Waals surface area contributed by atoms with E-state index in [0.29, 0.717) is 0 Å². The highest BCUT2D eigenvalue weighted by Crippen LogP contribution is 2.19. The summed E-state index contributed by atoms with van der Waals surface area (Å²) in [5, 5.41) is 0. The molecule has 2 aromatic carbocycles. The Labute approximate surface area is 129 Å². The molecule has 0 amide bonds. The molecule has 2 nitrogen and oxygen atoms in total. The van der Waals surface area contributed by atoms with E-state index in [-0.39, 0.29) is 6.04 Å². The lowest BCUT2D eigenvalue weighted by Crippen LogP contribution is -2.38. The van der Waals surface area contributed by atoms with Gasteiger partial charge in [0.1, 0.15) is 0 Å². The molecule has 0 saturated heterocycles. The smallest absolute Gasteiger partial charge is 0.0291 e. The third-order valence-corrected chi connectivity index (χ3v) is 4.20. The Kier molecular flexibility index (Phi) is 5.35. The van der Waals surface area contributed by atoms with Crippen LogP contribution >= 0.6 is 15.9 Å². The van der Waals surface area contributed by atoms with Crippen molar-refractivity contribution >= 4 is 15.9 Å². The van der Waals surface area contributed by atoms with Crippen molar-refractivity contribution in [1.29, 1.82) is 0 Å². The summed E-state index contributed by atoms with van der Waals surface area (Å²) in [6, 6.07) is 15.2. The molecule has 106 valence electrons. The van der Waals surface area contributed by atoms with Crippen LogP contribution in [-0.2, 0) is 12.8 Å². The molecule has 0 radical (unpaired) electrons. The number of nitrogens with one attached hydrogen (secondary N) is 1. The van der Waals surface area contributed by atoms with Crippen LogP contribution in [0.2, 0.25) is 0 Å². The topological polar surface area (TPSA) is 38.0 Å². The van der Waals surface area contributed by atoms with Crippen LogP contribution in [0.25, 0.3) is 0 Å². The highest BCUT2D eigenvalue weighted by Gasteiger charge is 2.11. The average Bonchev–Trinajstić information content (AvgIpc) is 2.39. The molecule has 0 bridgehead atoms. The number of hydrogen-bond acceptors (Lipinski definition) is 2. The SMILES string of the molecule is Cc1cc(C)cc(CC(Cc2ccccc2Br)NN)c1. The summed E-state index contributed by atoms with van der Waals surface area (Å²) < 4.78 is 1.14. The first-order valence-electron chi connectivity index (χ1n) is 6.85. The van der Waals surface area contributed by atoms with Gasteiger partial charge >= 0.3 is 0 Å². The minimum absolute atomic E-state index is 0.231. The van der Waals surface area contributed by atoms with Gasteiger partial charge in [0, 0.05) is 10.5 Å². The number of nitrogens with two attached hydrogens (primary N) is 1. The van der Waals surface area contributed by atoms with Gasteiger partial charge in [0.25, 0.3) is 0 Å². The van der Waals surface area contributed by atoms with E-state index in [9.17, 15) is 0 Å². The lowest BCUT2D eigenvalue weighted by Gasteiger charge is -2.17. The van der Waals surface area contributed by atoms with E-state index in [4.69, 9.17) is 5.84 Å². The molecule has 0 aliphatic carbocycles. The molecule has 0 aliphatic rings. The van der Waals surface area contributed by atoms with Crippen molar-refractivity contribution in [3.8, 4) is 0 Å². The maximum atomic E-state index is 5.73. The van der Waals surface area contributed by atoms with E-state index in [1.165, 1.54) is 22.3 Å². The van der Waals surface area contributed by atoms with E-state index in [0.717, 1.165) is 17.3 Å². The van der Waals surface area contributed by atoms with Gasteiger partial charge in [-0.2, -0.15) is 0 Å². The fourth-order valence-electron chi connectivity index (χ4n) is 2.59. The summed E-state index contributed by atoms with van der Waals surface area (Å²) in [5.74, 6) is 5.73. The number of hydrogen-bond donors (Lipinski definition) is 2. The molecular weight excluding hydrogens is 312 g/mol. The summed E-state index contributed by atoms with van der Waals surface area (Å²) in [7, 11) is 0. The molecule has 0 heterocycles. The van der Waals surface area contributed by atoms with Crippen LogP contribution in [0.5, 0.6) is 0 Å². The molecule has 0 aliphatic heterocycles. The van der Waals surface area contributed by atoms with Crippen molar-refractivity contribution < 1.29 is 0 Å². The Hall–Kier alpha value is -1.16. The first kappa shape index (κ1) is 15.2. The quantitative estimate of drug-likeness (QED) is 0.647. The highest BCUT2D eigenvalue weighted by molar-refractivity contribution is 9.10. The van der Waals surface area contributed by atoms with Crippen LogP contribution in [0.15, 0.2) is 46.9 Å². The summed E-state index contributed by atoms with van der Waals surface area (Å²) >= 11 is 3.59. The standard InChI is InChI=1S/C17H21BrN2/c1-12-7-13(2)9-14(8-12)10-16(20-19)11-15-5-3-4-6-17(15)18/h3-9,16,20H,10-11,19H2,1-2H3. The van der Waals surface area contributed by atoms with Gasteiger partial charge in [-0.1, -0.05) is 63.5 Å². The van der Waals surface area contributed by atoms with E-state index in [1.807, 2.05) is 6.07 Å². The number of rotatable bonds is 5. The molecule has 20 heavy (non-hydrogen) atoms. The Morgan fingerprint density at radius 3 is 2.30 bits per heavy atom. The zero-order valence-electron chi connectivity index (χ0n) is 12.0. The van der Waals surface area contributed by atoms with E-state index < -0.39 is 0 Å². The molecule has 0 saturated carbocycles. The largest absolute Gasteiger partial charge is 0.271 e. The fourth-order valence-corrected chi connectivity index (χ4v) is 3.04. The lowest BCUT2D eigenvalue weighted by atomic mass is 9.97. The van der Waals surface area contributed by atoms with Gasteiger partial charge in [-0.15, -0.1) is 0 Å². The second-order valence-corrected chi connectivity index (χ2v) is 6.21. The van der Waals surface area contributed by atoms with Gasteiger partial charge < -0.3 is 0 Å². The van der Waals surface area contributed by atoms with Crippen LogP contribution in [0, 0.1) is 13.8 Å². The van der Waals surface area contributed by atoms with Gasteiger partial charge in [-0.05, 0) is 43.9 Å². The molecule has 0 spiro atoms. The predicted molar refractivity (Wildman–Crippen MR) is 88.6 cm³/mol. The van der Waals surface area contributed by atoms with Crippen molar-refractivity contribution in [2.45, 2.75) is 32.7 Å². The van der Waals surface area contributed by atoms with Gasteiger partial charge in [-0.3, -0.25) is 11.3 Å². The van der Waals surface area contributed by atoms with Gasteiger partial charge in [-0.25, -0.2) is 0 Å². The maximum Gasteiger partial charge on any atom is 0.0291 e. The van der Waals surface area contributed by atoms with Crippen molar-refractivity contribution in [1.82, 2.24) is 5.43 Å². The van der Waals surface area contributed by atoms with Crippen molar-refractivity contribution in [2.24, 2.45) is 5.84 Å². The van der Waals surface area contributed by atoms with Crippen LogP contribution in [0.4, 0.5) is 0 Å². The molecule has 3 N–H and O–H groups in total. The van der Waals surface area contributed by atoms with Crippen molar-refractivity contribution in [3.05, 3.63) is 69.2 Å². The molecule has 0 fully saturated rings. The monoisotopic (exact) mass is 332 g/mol. The van der Waals surface area contributed by atoms with E-state index >= 15 is 0 Å². The summed E-state index contributed by atoms with van der Waals surface area (Å²) in [6.07, 6.45) is 1.84. The number of benzene rings is 2. The van der Waals surface area contributed by atoms with Crippen LogP contribution in [-0.4, -0.2) is 6.04 Å². The zero-order chi connectivity index (χ0) is 14.5. The second kappa shape index (κ2) is 7.02. The predicted octanol–water partition coefficient (Wildman–Crippen LogP) is 3.68. The number of aryl methyl sites for hydroxylation is 2. The molecular formula is C17H21BrN2. The van der Waals surface area contributed by atoms with Gasteiger partial charge in [0.15, 0.2) is 0 Å². The van der Waals surface area contributed by atoms with Crippen LogP contribution in [0.1, 0.15) is 22.3 Å². The molecule has 1 unspecified atom stereocenters. The first-order chi connectivity index (χ1) is 9.58. The van der Waals surface area contributed by atoms with Gasteiger partial charge in [0.05, 0.1) is 0 Å². The molecule has 2 rings (SSSR count). The lowest BCUT2D eigenvalue weighted by molar-refractivity contribution is 0.521. The normalized spacial score (nSPS) is 12.4. The van der Waals surface area contributed by atoms with Crippen LogP contribution < -0.4 is 11.3 Å². The summed E-state index contributed by atoms with van der Waals surface area (Å²) in [6.45, 7) is 4.27. The first-order valence-corrected chi connectivity index (χ1v) is 7.64. The second-order valence-electron chi connectivity index (χ2n) is 5.36. The Balaban J connectivity index is 2.11. The van der Waals surface area contributed by atoms with Crippen molar-refractivity contribution in [2.75, 3.05) is 0 Å². The molecule has 3 heteroatoms.